The molecule has 0 spiro atoms. The zero-order valence-electron chi connectivity index (χ0n) is 13.9. The molecule has 1 aromatic carbocycles. The fourth-order valence-corrected chi connectivity index (χ4v) is 1.89. The zero-order chi connectivity index (χ0) is 17.6. The molecular weight excluding hydrogens is 305 g/mol. The molecule has 0 bridgehead atoms. The first kappa shape index (κ1) is 18.7. The molecule has 0 aliphatic carbocycles. The number of hydrogen-bond donors (Lipinski definition) is 1. The molecule has 0 saturated carbocycles. The topological polar surface area (TPSA) is 73.9 Å². The van der Waals surface area contributed by atoms with E-state index in [-0.39, 0.29) is 12.2 Å². The van der Waals surface area contributed by atoms with E-state index in [1.54, 1.807) is 20.8 Å². The molecule has 7 heteroatoms. The average molecular weight is 327 g/mol. The van der Waals surface area contributed by atoms with Gasteiger partial charge in [0.15, 0.2) is 0 Å². The maximum absolute atomic E-state index is 13.2. The predicted octanol–water partition coefficient (Wildman–Crippen LogP) is 2.44. The highest BCUT2D eigenvalue weighted by molar-refractivity contribution is 5.81. The van der Waals surface area contributed by atoms with Gasteiger partial charge in [0, 0.05) is 12.5 Å². The van der Waals surface area contributed by atoms with E-state index in [1.807, 2.05) is 0 Å². The molecule has 23 heavy (non-hydrogen) atoms. The number of nitrogens with one attached hydrogen (secondary N) is 1. The smallest absolute Gasteiger partial charge is 0.408 e. The molecule has 1 aromatic rings. The lowest BCUT2D eigenvalue weighted by molar-refractivity contribution is -0.143. The van der Waals surface area contributed by atoms with Gasteiger partial charge in [0.1, 0.15) is 23.2 Å². The number of methoxy groups -OCH3 is 2. The Morgan fingerprint density at radius 2 is 1.91 bits per heavy atom. The van der Waals surface area contributed by atoms with Gasteiger partial charge in [-0.2, -0.15) is 0 Å². The number of alkyl carbamates (subject to hydrolysis) is 1. The molecule has 0 fully saturated rings. The number of ether oxygens (including phenoxy) is 3. The van der Waals surface area contributed by atoms with Gasteiger partial charge in [-0.05, 0) is 32.4 Å². The third-order valence-electron chi connectivity index (χ3n) is 2.85. The summed E-state index contributed by atoms with van der Waals surface area (Å²) in [5.74, 6) is -0.813. The summed E-state index contributed by atoms with van der Waals surface area (Å²) in [6.45, 7) is 5.13. The third kappa shape index (κ3) is 6.14. The molecule has 6 nitrogen and oxygen atoms in total. The predicted molar refractivity (Wildman–Crippen MR) is 81.8 cm³/mol. The second kappa shape index (κ2) is 7.80. The van der Waals surface area contributed by atoms with Crippen LogP contribution in [-0.4, -0.2) is 37.9 Å². The highest BCUT2D eigenvalue weighted by atomic mass is 19.1. The molecule has 0 aliphatic heterocycles. The van der Waals surface area contributed by atoms with Gasteiger partial charge in [-0.15, -0.1) is 0 Å². The molecule has 0 heterocycles. The van der Waals surface area contributed by atoms with Crippen molar-refractivity contribution >= 4 is 12.1 Å². The number of amides is 1. The summed E-state index contributed by atoms with van der Waals surface area (Å²) >= 11 is 0. The van der Waals surface area contributed by atoms with Crippen molar-refractivity contribution in [3.63, 3.8) is 0 Å². The van der Waals surface area contributed by atoms with Crippen molar-refractivity contribution < 1.29 is 28.2 Å². The van der Waals surface area contributed by atoms with Gasteiger partial charge in [-0.1, -0.05) is 6.07 Å². The molecule has 128 valence electrons. The van der Waals surface area contributed by atoms with Crippen LogP contribution >= 0.6 is 0 Å². The largest absolute Gasteiger partial charge is 0.496 e. The van der Waals surface area contributed by atoms with Crippen LogP contribution in [0.1, 0.15) is 26.3 Å². The van der Waals surface area contributed by atoms with E-state index in [4.69, 9.17) is 9.47 Å². The third-order valence-corrected chi connectivity index (χ3v) is 2.85. The molecule has 0 aromatic heterocycles. The summed E-state index contributed by atoms with van der Waals surface area (Å²) in [5, 5.41) is 2.45. The number of benzene rings is 1. The summed E-state index contributed by atoms with van der Waals surface area (Å²) in [6, 6.07) is 2.96. The van der Waals surface area contributed by atoms with Crippen LogP contribution in [0, 0.1) is 5.82 Å². The highest BCUT2D eigenvalue weighted by Gasteiger charge is 2.26. The number of carbonyl (C=O) groups is 2. The second-order valence-corrected chi connectivity index (χ2v) is 5.88. The second-order valence-electron chi connectivity index (χ2n) is 5.88. The van der Waals surface area contributed by atoms with Crippen molar-refractivity contribution in [2.75, 3.05) is 14.2 Å². The Bertz CT molecular complexity index is 568. The Morgan fingerprint density at radius 3 is 2.43 bits per heavy atom. The summed E-state index contributed by atoms with van der Waals surface area (Å²) in [7, 11) is 2.61. The van der Waals surface area contributed by atoms with E-state index in [9.17, 15) is 14.0 Å². The van der Waals surface area contributed by atoms with E-state index in [1.165, 1.54) is 32.4 Å². The van der Waals surface area contributed by atoms with E-state index in [0.29, 0.717) is 5.56 Å². The Hall–Kier alpha value is -2.31. The summed E-state index contributed by atoms with van der Waals surface area (Å²) in [5.41, 5.74) is -0.140. The Morgan fingerprint density at radius 1 is 1.26 bits per heavy atom. The first-order valence-corrected chi connectivity index (χ1v) is 7.06. The van der Waals surface area contributed by atoms with Gasteiger partial charge in [-0.3, -0.25) is 0 Å². The standard InChI is InChI=1S/C16H22FNO5/c1-16(2,3)23-15(20)18-12(14(19)22-5)8-10-6-7-11(17)9-13(10)21-4/h6-7,9,12H,8H2,1-5H3,(H,18,20)/t12-/m0/s1. The van der Waals surface area contributed by atoms with Crippen molar-refractivity contribution in [3.05, 3.63) is 29.6 Å². The molecule has 1 atom stereocenters. The van der Waals surface area contributed by atoms with Crippen LogP contribution in [0.2, 0.25) is 0 Å². The normalized spacial score (nSPS) is 12.3. The number of carbonyl (C=O) groups excluding carboxylic acids is 2. The van der Waals surface area contributed by atoms with Crippen LogP contribution in [0.3, 0.4) is 0 Å². The molecular formula is C16H22FNO5. The van der Waals surface area contributed by atoms with Crippen LogP contribution in [0.15, 0.2) is 18.2 Å². The number of halogens is 1. The van der Waals surface area contributed by atoms with Gasteiger partial charge >= 0.3 is 12.1 Å². The lowest BCUT2D eigenvalue weighted by Crippen LogP contribution is -2.45. The van der Waals surface area contributed by atoms with Crippen molar-refractivity contribution in [3.8, 4) is 5.75 Å². The molecule has 0 saturated heterocycles. The van der Waals surface area contributed by atoms with Gasteiger partial charge < -0.3 is 19.5 Å². The maximum atomic E-state index is 13.2. The van der Waals surface area contributed by atoms with Gasteiger partial charge in [0.25, 0.3) is 0 Å². The minimum absolute atomic E-state index is 0.0787. The molecule has 0 aliphatic rings. The molecule has 1 rings (SSSR count). The molecule has 1 amide bonds. The Balaban J connectivity index is 2.92. The minimum Gasteiger partial charge on any atom is -0.496 e. The van der Waals surface area contributed by atoms with Crippen molar-refractivity contribution in [1.29, 1.82) is 0 Å². The van der Waals surface area contributed by atoms with Crippen molar-refractivity contribution in [2.24, 2.45) is 0 Å². The van der Waals surface area contributed by atoms with E-state index < -0.39 is 29.5 Å². The summed E-state index contributed by atoms with van der Waals surface area (Å²) < 4.78 is 28.1. The fourth-order valence-electron chi connectivity index (χ4n) is 1.89. The van der Waals surface area contributed by atoms with Gasteiger partial charge in [-0.25, -0.2) is 14.0 Å². The van der Waals surface area contributed by atoms with Gasteiger partial charge in [0.2, 0.25) is 0 Å². The SMILES string of the molecule is COC(=O)[C@H](Cc1ccc(F)cc1OC)NC(=O)OC(C)(C)C. The molecule has 1 N–H and O–H groups in total. The summed E-state index contributed by atoms with van der Waals surface area (Å²) in [6.07, 6.45) is -0.663. The van der Waals surface area contributed by atoms with Crippen LogP contribution in [-0.2, 0) is 20.7 Å². The monoisotopic (exact) mass is 327 g/mol. The maximum Gasteiger partial charge on any atom is 0.408 e. The number of rotatable bonds is 5. The van der Waals surface area contributed by atoms with E-state index in [2.05, 4.69) is 10.1 Å². The fraction of sp³-hybridized carbons (Fsp3) is 0.500. The van der Waals surface area contributed by atoms with Crippen molar-refractivity contribution in [1.82, 2.24) is 5.32 Å². The minimum atomic E-state index is -0.978. The Labute approximate surface area is 134 Å². The first-order valence-electron chi connectivity index (χ1n) is 7.06. The quantitative estimate of drug-likeness (QED) is 0.841. The molecule has 0 unspecified atom stereocenters. The first-order chi connectivity index (χ1) is 10.7. The Kier molecular flexibility index (Phi) is 6.36. The highest BCUT2D eigenvalue weighted by Crippen LogP contribution is 2.21. The number of hydrogen-bond acceptors (Lipinski definition) is 5. The van der Waals surface area contributed by atoms with Crippen LogP contribution in [0.5, 0.6) is 5.75 Å². The van der Waals surface area contributed by atoms with Crippen LogP contribution in [0.25, 0.3) is 0 Å². The number of esters is 1. The lowest BCUT2D eigenvalue weighted by Gasteiger charge is -2.23. The zero-order valence-corrected chi connectivity index (χ0v) is 13.9. The van der Waals surface area contributed by atoms with Crippen LogP contribution < -0.4 is 10.1 Å². The summed E-state index contributed by atoms with van der Waals surface area (Å²) in [4.78, 5) is 23.7. The lowest BCUT2D eigenvalue weighted by atomic mass is 10.0. The van der Waals surface area contributed by atoms with E-state index >= 15 is 0 Å². The van der Waals surface area contributed by atoms with Gasteiger partial charge in [0.05, 0.1) is 14.2 Å². The van der Waals surface area contributed by atoms with Crippen molar-refractivity contribution in [2.45, 2.75) is 38.8 Å². The van der Waals surface area contributed by atoms with Crippen LogP contribution in [0.4, 0.5) is 9.18 Å². The molecule has 0 radical (unpaired) electrons. The van der Waals surface area contributed by atoms with E-state index in [0.717, 1.165) is 0 Å². The average Bonchev–Trinajstić information content (AvgIpc) is 2.45.